The van der Waals surface area contributed by atoms with Crippen LogP contribution in [-0.2, 0) is 11.3 Å². The number of hydrogen-bond acceptors (Lipinski definition) is 4. The van der Waals surface area contributed by atoms with Crippen molar-refractivity contribution in [3.8, 4) is 0 Å². The lowest BCUT2D eigenvalue weighted by atomic mass is 10.2. The zero-order valence-electron chi connectivity index (χ0n) is 12.5. The van der Waals surface area contributed by atoms with Crippen molar-refractivity contribution in [1.82, 2.24) is 9.78 Å². The van der Waals surface area contributed by atoms with Crippen LogP contribution in [0, 0.1) is 0 Å². The standard InChI is InChI=1S/C13H14ClN3O2.C2H6/c1-2-19-13(18)11-7-16-17(12(11)15)8-9-3-5-10(14)6-4-9;1-2/h3-7H,2,8,15H2,1H3;1-2H3. The Bertz CT molecular complexity index is 579. The molecule has 2 aromatic rings. The second kappa shape index (κ2) is 8.32. The minimum Gasteiger partial charge on any atom is -0.462 e. The first kappa shape index (κ1) is 17.0. The summed E-state index contributed by atoms with van der Waals surface area (Å²) in [6.45, 7) is 6.52. The van der Waals surface area contributed by atoms with Gasteiger partial charge in [0.15, 0.2) is 0 Å². The number of halogens is 1. The van der Waals surface area contributed by atoms with Crippen LogP contribution in [0.1, 0.15) is 36.7 Å². The van der Waals surface area contributed by atoms with E-state index in [2.05, 4.69) is 5.10 Å². The van der Waals surface area contributed by atoms with Crippen molar-refractivity contribution < 1.29 is 9.53 Å². The molecule has 0 aliphatic heterocycles. The molecular weight excluding hydrogens is 290 g/mol. The number of benzene rings is 1. The largest absolute Gasteiger partial charge is 0.462 e. The van der Waals surface area contributed by atoms with Gasteiger partial charge >= 0.3 is 5.97 Å². The molecule has 6 heteroatoms. The minimum atomic E-state index is -0.456. The number of aromatic nitrogens is 2. The van der Waals surface area contributed by atoms with Gasteiger partial charge in [0, 0.05) is 5.02 Å². The van der Waals surface area contributed by atoms with Crippen LogP contribution in [0.15, 0.2) is 30.5 Å². The molecule has 0 atom stereocenters. The van der Waals surface area contributed by atoms with Gasteiger partial charge < -0.3 is 10.5 Å². The summed E-state index contributed by atoms with van der Waals surface area (Å²) in [7, 11) is 0. The average Bonchev–Trinajstić information content (AvgIpc) is 2.85. The van der Waals surface area contributed by atoms with Gasteiger partial charge in [0.05, 0.1) is 19.3 Å². The summed E-state index contributed by atoms with van der Waals surface area (Å²) in [5.41, 5.74) is 7.17. The maximum Gasteiger partial charge on any atom is 0.343 e. The van der Waals surface area contributed by atoms with E-state index in [1.54, 1.807) is 23.7 Å². The summed E-state index contributed by atoms with van der Waals surface area (Å²) in [5, 5.41) is 4.77. The van der Waals surface area contributed by atoms with E-state index in [1.807, 2.05) is 26.0 Å². The fourth-order valence-corrected chi connectivity index (χ4v) is 1.78. The SMILES string of the molecule is CC.CCOC(=O)c1cnn(Cc2ccc(Cl)cc2)c1N. The third-order valence-electron chi connectivity index (χ3n) is 2.62. The Kier molecular flexibility index (Phi) is 6.75. The quantitative estimate of drug-likeness (QED) is 0.879. The number of carbonyl (C=O) groups is 1. The zero-order valence-corrected chi connectivity index (χ0v) is 13.2. The Hall–Kier alpha value is -2.01. The van der Waals surface area contributed by atoms with E-state index >= 15 is 0 Å². The topological polar surface area (TPSA) is 70.1 Å². The monoisotopic (exact) mass is 309 g/mol. The Morgan fingerprint density at radius 1 is 1.33 bits per heavy atom. The molecule has 0 aliphatic carbocycles. The van der Waals surface area contributed by atoms with E-state index in [9.17, 15) is 4.79 Å². The van der Waals surface area contributed by atoms with Gasteiger partial charge in [-0.3, -0.25) is 0 Å². The first-order valence-corrected chi connectivity index (χ1v) is 7.22. The fourth-order valence-electron chi connectivity index (χ4n) is 1.65. The van der Waals surface area contributed by atoms with E-state index in [0.29, 0.717) is 24.0 Å². The molecule has 1 aromatic heterocycles. The summed E-state index contributed by atoms with van der Waals surface area (Å²) in [5.74, 6) is -0.157. The van der Waals surface area contributed by atoms with Gasteiger partial charge in [-0.05, 0) is 24.6 Å². The molecule has 21 heavy (non-hydrogen) atoms. The number of hydrogen-bond donors (Lipinski definition) is 1. The van der Waals surface area contributed by atoms with E-state index in [0.717, 1.165) is 5.56 Å². The predicted molar refractivity (Wildman–Crippen MR) is 84.5 cm³/mol. The fraction of sp³-hybridized carbons (Fsp3) is 0.333. The van der Waals surface area contributed by atoms with Crippen molar-refractivity contribution >= 4 is 23.4 Å². The number of rotatable bonds is 4. The molecule has 2 rings (SSSR count). The first-order chi connectivity index (χ1) is 10.1. The molecule has 0 spiro atoms. The summed E-state index contributed by atoms with van der Waals surface area (Å²) in [6, 6.07) is 7.35. The van der Waals surface area contributed by atoms with E-state index in [4.69, 9.17) is 22.1 Å². The summed E-state index contributed by atoms with van der Waals surface area (Å²) in [4.78, 5) is 11.6. The molecule has 114 valence electrons. The number of nitrogens with two attached hydrogens (primary N) is 1. The number of ether oxygens (including phenoxy) is 1. The normalized spacial score (nSPS) is 9.71. The molecule has 5 nitrogen and oxygen atoms in total. The highest BCUT2D eigenvalue weighted by atomic mass is 35.5. The lowest BCUT2D eigenvalue weighted by Gasteiger charge is -2.05. The van der Waals surface area contributed by atoms with Crippen molar-refractivity contribution in [2.45, 2.75) is 27.3 Å². The lowest BCUT2D eigenvalue weighted by molar-refractivity contribution is 0.0527. The molecule has 0 amide bonds. The van der Waals surface area contributed by atoms with Crippen molar-refractivity contribution in [3.63, 3.8) is 0 Å². The Morgan fingerprint density at radius 3 is 2.52 bits per heavy atom. The van der Waals surface area contributed by atoms with Crippen molar-refractivity contribution in [2.75, 3.05) is 12.3 Å². The first-order valence-electron chi connectivity index (χ1n) is 6.84. The van der Waals surface area contributed by atoms with Crippen molar-refractivity contribution in [2.24, 2.45) is 0 Å². The van der Waals surface area contributed by atoms with Crippen LogP contribution in [0.4, 0.5) is 5.82 Å². The van der Waals surface area contributed by atoms with Gasteiger partial charge in [-0.1, -0.05) is 37.6 Å². The number of esters is 1. The van der Waals surface area contributed by atoms with Crippen LogP contribution in [0.2, 0.25) is 5.02 Å². The average molecular weight is 310 g/mol. The predicted octanol–water partition coefficient (Wildman–Crippen LogP) is 3.37. The number of carbonyl (C=O) groups excluding carboxylic acids is 1. The lowest BCUT2D eigenvalue weighted by Crippen LogP contribution is -2.10. The van der Waals surface area contributed by atoms with Gasteiger partial charge in [0.1, 0.15) is 11.4 Å². The van der Waals surface area contributed by atoms with Gasteiger partial charge in [0.2, 0.25) is 0 Å². The molecular formula is C15H20ClN3O2. The molecule has 0 aliphatic rings. The van der Waals surface area contributed by atoms with Crippen LogP contribution in [0.25, 0.3) is 0 Å². The van der Waals surface area contributed by atoms with Crippen molar-refractivity contribution in [3.05, 3.63) is 46.6 Å². The minimum absolute atomic E-state index is 0.288. The third kappa shape index (κ3) is 4.49. The summed E-state index contributed by atoms with van der Waals surface area (Å²) >= 11 is 5.82. The smallest absolute Gasteiger partial charge is 0.343 e. The molecule has 0 saturated heterocycles. The van der Waals surface area contributed by atoms with Gasteiger partial charge in [-0.25, -0.2) is 9.48 Å². The zero-order chi connectivity index (χ0) is 15.8. The second-order valence-electron chi connectivity index (χ2n) is 3.95. The van der Waals surface area contributed by atoms with Gasteiger partial charge in [0.25, 0.3) is 0 Å². The van der Waals surface area contributed by atoms with E-state index in [1.165, 1.54) is 6.20 Å². The maximum atomic E-state index is 11.6. The Morgan fingerprint density at radius 2 is 1.95 bits per heavy atom. The number of nitrogens with zero attached hydrogens (tertiary/aromatic N) is 2. The van der Waals surface area contributed by atoms with Gasteiger partial charge in [-0.15, -0.1) is 0 Å². The van der Waals surface area contributed by atoms with Crippen LogP contribution in [0.5, 0.6) is 0 Å². The molecule has 1 heterocycles. The summed E-state index contributed by atoms with van der Waals surface area (Å²) < 4.78 is 6.45. The molecule has 1 aromatic carbocycles. The highest BCUT2D eigenvalue weighted by molar-refractivity contribution is 6.30. The third-order valence-corrected chi connectivity index (χ3v) is 2.87. The molecule has 2 N–H and O–H groups in total. The summed E-state index contributed by atoms with van der Waals surface area (Å²) in [6.07, 6.45) is 1.42. The van der Waals surface area contributed by atoms with E-state index < -0.39 is 5.97 Å². The van der Waals surface area contributed by atoms with Crippen molar-refractivity contribution in [1.29, 1.82) is 0 Å². The molecule has 0 unspecified atom stereocenters. The van der Waals surface area contributed by atoms with E-state index in [-0.39, 0.29) is 5.56 Å². The molecule has 0 fully saturated rings. The Labute approximate surface area is 129 Å². The van der Waals surface area contributed by atoms with Crippen LogP contribution in [0.3, 0.4) is 0 Å². The molecule has 0 radical (unpaired) electrons. The van der Waals surface area contributed by atoms with Crippen LogP contribution in [-0.4, -0.2) is 22.4 Å². The van der Waals surface area contributed by atoms with Crippen LogP contribution >= 0.6 is 11.6 Å². The Balaban J connectivity index is 0.00000106. The second-order valence-corrected chi connectivity index (χ2v) is 4.38. The highest BCUT2D eigenvalue weighted by Crippen LogP contribution is 2.16. The maximum absolute atomic E-state index is 11.6. The molecule has 0 bridgehead atoms. The van der Waals surface area contributed by atoms with Crippen LogP contribution < -0.4 is 5.73 Å². The number of anilines is 1. The van der Waals surface area contributed by atoms with Gasteiger partial charge in [-0.2, -0.15) is 5.10 Å². The number of nitrogen functional groups attached to an aromatic ring is 1. The molecule has 0 saturated carbocycles. The highest BCUT2D eigenvalue weighted by Gasteiger charge is 2.16.